The fraction of sp³-hybridized carbons (Fsp3) is 0.353. The highest BCUT2D eigenvalue weighted by Crippen LogP contribution is 2.28. The highest BCUT2D eigenvalue weighted by molar-refractivity contribution is 7.71. The van der Waals surface area contributed by atoms with Crippen LogP contribution in [-0.4, -0.2) is 42.0 Å². The Morgan fingerprint density at radius 1 is 1.31 bits per heavy atom. The van der Waals surface area contributed by atoms with Crippen LogP contribution in [0.25, 0.3) is 5.82 Å². The number of carbonyl (C=O) groups is 1. The minimum absolute atomic E-state index is 0.188. The van der Waals surface area contributed by atoms with Crippen molar-refractivity contribution >= 4 is 18.1 Å². The normalized spacial score (nSPS) is 11.6. The van der Waals surface area contributed by atoms with Crippen LogP contribution in [0.2, 0.25) is 0 Å². The maximum absolute atomic E-state index is 12.7. The first kappa shape index (κ1) is 20.7. The topological polar surface area (TPSA) is 93.4 Å². The van der Waals surface area contributed by atoms with Crippen LogP contribution in [0.5, 0.6) is 0 Å². The minimum Gasteiger partial charge on any atom is -0.351 e. The summed E-state index contributed by atoms with van der Waals surface area (Å²) in [6.45, 7) is 4.59. The second-order valence-electron chi connectivity index (χ2n) is 6.15. The first-order valence-electron chi connectivity index (χ1n) is 8.73. The zero-order valence-electron chi connectivity index (χ0n) is 15.6. The van der Waals surface area contributed by atoms with Crippen LogP contribution in [0.1, 0.15) is 34.4 Å². The van der Waals surface area contributed by atoms with Crippen molar-refractivity contribution in [3.05, 3.63) is 51.9 Å². The average Bonchev–Trinajstić information content (AvgIpc) is 3.23. The molecule has 0 aliphatic heterocycles. The molecule has 8 nitrogen and oxygen atoms in total. The van der Waals surface area contributed by atoms with Crippen LogP contribution < -0.4 is 5.32 Å². The summed E-state index contributed by atoms with van der Waals surface area (Å²) in [5.74, 6) is 0.574. The Morgan fingerprint density at radius 2 is 2.07 bits per heavy atom. The lowest BCUT2D eigenvalue weighted by molar-refractivity contribution is -0.137. The lowest BCUT2D eigenvalue weighted by atomic mass is 10.2. The molecule has 0 unspecified atom stereocenters. The molecule has 3 rings (SSSR count). The predicted octanol–water partition coefficient (Wildman–Crippen LogP) is 2.84. The van der Waals surface area contributed by atoms with Crippen molar-refractivity contribution in [3.8, 4) is 5.82 Å². The third-order valence-corrected chi connectivity index (χ3v) is 4.65. The molecule has 0 aliphatic rings. The molecule has 3 aromatic rings. The van der Waals surface area contributed by atoms with Gasteiger partial charge in [0.15, 0.2) is 10.6 Å². The maximum atomic E-state index is 12.7. The van der Waals surface area contributed by atoms with Crippen molar-refractivity contribution < 1.29 is 18.0 Å². The molecule has 0 radical (unpaired) electrons. The van der Waals surface area contributed by atoms with E-state index in [0.717, 1.165) is 18.1 Å². The number of carbonyl (C=O) groups excluding carboxylic acids is 1. The largest absolute Gasteiger partial charge is 0.417 e. The fourth-order valence-corrected chi connectivity index (χ4v) is 3.07. The Bertz CT molecular complexity index is 1070. The number of nitrogens with zero attached hydrogens (tertiary/aromatic N) is 5. The van der Waals surface area contributed by atoms with E-state index >= 15 is 0 Å². The van der Waals surface area contributed by atoms with Gasteiger partial charge in [0.05, 0.1) is 23.0 Å². The van der Waals surface area contributed by atoms with Crippen LogP contribution in [-0.2, 0) is 19.1 Å². The van der Waals surface area contributed by atoms with Crippen LogP contribution in [0, 0.1) is 11.7 Å². The number of nitrogens with one attached hydrogen (secondary N) is 2. The summed E-state index contributed by atoms with van der Waals surface area (Å²) in [5.41, 5.74) is -0.0824. The van der Waals surface area contributed by atoms with Crippen molar-refractivity contribution in [1.82, 2.24) is 34.8 Å². The van der Waals surface area contributed by atoms with Crippen molar-refractivity contribution in [3.63, 3.8) is 0 Å². The molecule has 0 saturated heterocycles. The number of aromatic amines is 1. The highest BCUT2D eigenvalue weighted by atomic mass is 32.1. The van der Waals surface area contributed by atoms with Crippen LogP contribution >= 0.6 is 12.2 Å². The number of rotatable bonds is 6. The molecular weight excluding hydrogens is 407 g/mol. The van der Waals surface area contributed by atoms with Crippen molar-refractivity contribution in [2.45, 2.75) is 33.0 Å². The molecule has 0 aromatic carbocycles. The number of hydrogen-bond acceptors (Lipinski definition) is 5. The Labute approximate surface area is 168 Å². The summed E-state index contributed by atoms with van der Waals surface area (Å²) in [4.78, 5) is 16.3. The minimum atomic E-state index is -4.47. The van der Waals surface area contributed by atoms with Gasteiger partial charge >= 0.3 is 6.18 Å². The van der Waals surface area contributed by atoms with Gasteiger partial charge in [0.25, 0.3) is 5.91 Å². The van der Waals surface area contributed by atoms with Crippen LogP contribution in [0.15, 0.2) is 24.5 Å². The smallest absolute Gasteiger partial charge is 0.351 e. The number of amides is 1. The fourth-order valence-electron chi connectivity index (χ4n) is 2.79. The van der Waals surface area contributed by atoms with Gasteiger partial charge in [0, 0.05) is 25.7 Å². The number of hydrogen-bond donors (Lipinski definition) is 2. The molecule has 0 fully saturated rings. The van der Waals surface area contributed by atoms with Gasteiger partial charge in [-0.25, -0.2) is 9.67 Å². The van der Waals surface area contributed by atoms with Gasteiger partial charge in [-0.3, -0.25) is 9.89 Å². The quantitative estimate of drug-likeness (QED) is 0.593. The van der Waals surface area contributed by atoms with E-state index in [1.807, 2.05) is 11.5 Å². The molecule has 3 aromatic heterocycles. The van der Waals surface area contributed by atoms with Gasteiger partial charge in [-0.1, -0.05) is 0 Å². The summed E-state index contributed by atoms with van der Waals surface area (Å²) >= 11 is 5.12. The first-order chi connectivity index (χ1) is 13.7. The van der Waals surface area contributed by atoms with Crippen LogP contribution in [0.3, 0.4) is 0 Å². The van der Waals surface area contributed by atoms with E-state index < -0.39 is 11.7 Å². The number of halogens is 3. The lowest BCUT2D eigenvalue weighted by Gasteiger charge is -2.08. The molecule has 0 bridgehead atoms. The third kappa shape index (κ3) is 4.36. The summed E-state index contributed by atoms with van der Waals surface area (Å²) < 4.78 is 41.7. The Kier molecular flexibility index (Phi) is 5.82. The predicted molar refractivity (Wildman–Crippen MR) is 100 cm³/mol. The molecule has 0 atom stereocenters. The van der Waals surface area contributed by atoms with E-state index in [1.54, 1.807) is 6.92 Å². The highest BCUT2D eigenvalue weighted by Gasteiger charge is 2.30. The Hall–Kier alpha value is -3.02. The third-order valence-electron chi connectivity index (χ3n) is 4.33. The molecule has 29 heavy (non-hydrogen) atoms. The molecule has 2 N–H and O–H groups in total. The van der Waals surface area contributed by atoms with Crippen molar-refractivity contribution in [1.29, 1.82) is 0 Å². The number of aromatic nitrogens is 6. The van der Waals surface area contributed by atoms with E-state index in [-0.39, 0.29) is 11.7 Å². The molecule has 154 valence electrons. The maximum Gasteiger partial charge on any atom is 0.417 e. The number of pyridine rings is 1. The van der Waals surface area contributed by atoms with Crippen molar-refractivity contribution in [2.75, 3.05) is 6.54 Å². The molecule has 0 saturated carbocycles. The van der Waals surface area contributed by atoms with Gasteiger partial charge in [-0.2, -0.15) is 23.4 Å². The van der Waals surface area contributed by atoms with E-state index in [4.69, 9.17) is 12.2 Å². The van der Waals surface area contributed by atoms with E-state index in [2.05, 4.69) is 25.6 Å². The monoisotopic (exact) mass is 425 g/mol. The average molecular weight is 425 g/mol. The zero-order chi connectivity index (χ0) is 21.2. The summed E-state index contributed by atoms with van der Waals surface area (Å²) in [6, 6.07) is 2.13. The Morgan fingerprint density at radius 3 is 2.69 bits per heavy atom. The SMILES string of the molecule is CCn1c(CCNC(=O)c2cnn(-c3ccc(C(F)(F)F)cn3)c2C)n[nH]c1=S. The molecule has 12 heteroatoms. The van der Waals surface area contributed by atoms with Crippen LogP contribution in [0.4, 0.5) is 13.2 Å². The van der Waals surface area contributed by atoms with Gasteiger partial charge in [-0.15, -0.1) is 0 Å². The standard InChI is InChI=1S/C17H18F3N7OS/c1-3-26-14(24-25-16(26)29)6-7-21-15(28)12-9-23-27(10(12)2)13-5-4-11(8-22-13)17(18,19)20/h4-5,8-9H,3,6-7H2,1-2H3,(H,21,28)(H,25,29). The lowest BCUT2D eigenvalue weighted by Crippen LogP contribution is -2.27. The second kappa shape index (κ2) is 8.15. The number of alkyl halides is 3. The van der Waals surface area contributed by atoms with Gasteiger partial charge in [-0.05, 0) is 38.2 Å². The zero-order valence-corrected chi connectivity index (χ0v) is 16.4. The summed E-state index contributed by atoms with van der Waals surface area (Å²) in [7, 11) is 0. The van der Waals surface area contributed by atoms with Gasteiger partial charge < -0.3 is 9.88 Å². The molecular formula is C17H18F3N7OS. The van der Waals surface area contributed by atoms with Gasteiger partial charge in [0.2, 0.25) is 0 Å². The van der Waals surface area contributed by atoms with E-state index in [9.17, 15) is 18.0 Å². The molecule has 3 heterocycles. The van der Waals surface area contributed by atoms with E-state index in [0.29, 0.717) is 35.5 Å². The molecule has 1 amide bonds. The van der Waals surface area contributed by atoms with E-state index in [1.165, 1.54) is 16.9 Å². The number of H-pyrrole nitrogens is 1. The van der Waals surface area contributed by atoms with Crippen molar-refractivity contribution in [2.24, 2.45) is 0 Å². The first-order valence-corrected chi connectivity index (χ1v) is 9.13. The summed E-state index contributed by atoms with van der Waals surface area (Å²) in [6.07, 6.45) is -1.89. The molecule has 0 spiro atoms. The molecule has 0 aliphatic carbocycles. The second-order valence-corrected chi connectivity index (χ2v) is 6.54. The summed E-state index contributed by atoms with van der Waals surface area (Å²) in [5, 5.41) is 13.7. The van der Waals surface area contributed by atoms with Gasteiger partial charge in [0.1, 0.15) is 5.82 Å². The Balaban J connectivity index is 1.68.